The Bertz CT molecular complexity index is 1140. The Labute approximate surface area is 197 Å². The Morgan fingerprint density at radius 1 is 1.12 bits per heavy atom. The zero-order valence-corrected chi connectivity index (χ0v) is 19.3. The topological polar surface area (TPSA) is 122 Å². The molecule has 1 unspecified atom stereocenters. The molecule has 1 atom stereocenters. The largest absolute Gasteiger partial charge is 0.351 e. The van der Waals surface area contributed by atoms with Gasteiger partial charge in [0.25, 0.3) is 11.6 Å². The maximum absolute atomic E-state index is 13.8. The van der Waals surface area contributed by atoms with Crippen LogP contribution in [0.4, 0.5) is 17.1 Å². The summed E-state index contributed by atoms with van der Waals surface area (Å²) < 4.78 is 0. The molecule has 0 radical (unpaired) electrons. The molecule has 0 aromatic heterocycles. The van der Waals surface area contributed by atoms with E-state index in [1.807, 2.05) is 13.0 Å². The van der Waals surface area contributed by atoms with Gasteiger partial charge in [-0.05, 0) is 56.5 Å². The fourth-order valence-corrected chi connectivity index (χ4v) is 4.75. The van der Waals surface area contributed by atoms with Crippen molar-refractivity contribution in [2.24, 2.45) is 0 Å². The molecule has 4 rings (SSSR count). The molecule has 2 aromatic carbocycles. The zero-order chi connectivity index (χ0) is 24.5. The molecule has 1 fully saturated rings. The van der Waals surface area contributed by atoms with E-state index in [0.29, 0.717) is 11.4 Å². The average Bonchev–Trinajstić information content (AvgIpc) is 2.92. The lowest BCUT2D eigenvalue weighted by Crippen LogP contribution is -2.61. The maximum atomic E-state index is 13.8. The average molecular weight is 465 g/mol. The highest BCUT2D eigenvalue weighted by Gasteiger charge is 2.48. The zero-order valence-electron chi connectivity index (χ0n) is 19.3. The molecule has 0 bridgehead atoms. The maximum Gasteiger partial charge on any atom is 0.269 e. The number of nitrogens with one attached hydrogen (secondary N) is 2. The first-order valence-corrected chi connectivity index (χ1v) is 11.5. The van der Waals surface area contributed by atoms with Gasteiger partial charge in [0.15, 0.2) is 0 Å². The van der Waals surface area contributed by atoms with E-state index >= 15 is 0 Å². The number of hydrogen-bond acceptors (Lipinski definition) is 5. The first-order valence-electron chi connectivity index (χ1n) is 11.5. The summed E-state index contributed by atoms with van der Waals surface area (Å²) in [6.45, 7) is 3.47. The van der Waals surface area contributed by atoms with Crippen LogP contribution in [0.3, 0.4) is 0 Å². The Hall–Kier alpha value is -3.75. The summed E-state index contributed by atoms with van der Waals surface area (Å²) >= 11 is 0. The molecule has 0 saturated heterocycles. The van der Waals surface area contributed by atoms with Crippen molar-refractivity contribution in [2.45, 2.75) is 64.0 Å². The number of nitro groups is 1. The third-order valence-electron chi connectivity index (χ3n) is 6.62. The van der Waals surface area contributed by atoms with Crippen LogP contribution < -0.4 is 15.5 Å². The van der Waals surface area contributed by atoms with Crippen LogP contribution in [0.1, 0.15) is 61.4 Å². The predicted octanol–water partition coefficient (Wildman–Crippen LogP) is 4.10. The van der Waals surface area contributed by atoms with Gasteiger partial charge >= 0.3 is 0 Å². The number of fused-ring (bicyclic) bond motifs is 1. The SMILES string of the molecule is Cc1ccc2c(c1)NC(=O)CC(C)(C(=O)NC1CCCCC1)N2C(=O)c1ccc([N+](=O)[O-])cc1. The molecule has 178 valence electrons. The minimum absolute atomic E-state index is 0.00166. The summed E-state index contributed by atoms with van der Waals surface area (Å²) in [5.41, 5.74) is 0.273. The van der Waals surface area contributed by atoms with Crippen molar-refractivity contribution in [2.75, 3.05) is 10.2 Å². The van der Waals surface area contributed by atoms with Gasteiger partial charge in [-0.2, -0.15) is 0 Å². The summed E-state index contributed by atoms with van der Waals surface area (Å²) in [5.74, 6) is -1.27. The van der Waals surface area contributed by atoms with E-state index in [9.17, 15) is 24.5 Å². The molecular weight excluding hydrogens is 436 g/mol. The van der Waals surface area contributed by atoms with Crippen LogP contribution >= 0.6 is 0 Å². The number of carbonyl (C=O) groups is 3. The molecule has 2 aromatic rings. The van der Waals surface area contributed by atoms with Crippen molar-refractivity contribution < 1.29 is 19.3 Å². The van der Waals surface area contributed by atoms with Crippen LogP contribution in [0.2, 0.25) is 0 Å². The third-order valence-corrected chi connectivity index (χ3v) is 6.62. The Morgan fingerprint density at radius 2 is 1.79 bits per heavy atom. The number of amides is 3. The Morgan fingerprint density at radius 3 is 2.44 bits per heavy atom. The van der Waals surface area contributed by atoms with Gasteiger partial charge in [0.1, 0.15) is 5.54 Å². The fraction of sp³-hybridized carbons (Fsp3) is 0.400. The smallest absolute Gasteiger partial charge is 0.269 e. The number of benzene rings is 2. The van der Waals surface area contributed by atoms with Gasteiger partial charge in [0.2, 0.25) is 11.8 Å². The van der Waals surface area contributed by atoms with Crippen molar-refractivity contribution in [1.82, 2.24) is 5.32 Å². The minimum atomic E-state index is -1.50. The normalized spacial score (nSPS) is 20.6. The van der Waals surface area contributed by atoms with Crippen molar-refractivity contribution in [3.63, 3.8) is 0 Å². The lowest BCUT2D eigenvalue weighted by molar-refractivity contribution is -0.384. The van der Waals surface area contributed by atoms with Crippen LogP contribution in [0, 0.1) is 17.0 Å². The number of non-ortho nitro benzene ring substituents is 1. The second-order valence-corrected chi connectivity index (χ2v) is 9.27. The molecule has 2 N–H and O–H groups in total. The molecule has 1 heterocycles. The first-order chi connectivity index (χ1) is 16.2. The summed E-state index contributed by atoms with van der Waals surface area (Å²) in [4.78, 5) is 52.3. The number of anilines is 2. The molecule has 1 aliphatic heterocycles. The Balaban J connectivity index is 1.79. The van der Waals surface area contributed by atoms with Crippen molar-refractivity contribution in [3.05, 3.63) is 63.7 Å². The van der Waals surface area contributed by atoms with Gasteiger partial charge < -0.3 is 10.6 Å². The summed E-state index contributed by atoms with van der Waals surface area (Å²) in [6.07, 6.45) is 4.67. The lowest BCUT2D eigenvalue weighted by Gasteiger charge is -2.39. The van der Waals surface area contributed by atoms with Gasteiger partial charge in [-0.3, -0.25) is 29.4 Å². The van der Waals surface area contributed by atoms with Crippen LogP contribution in [0.5, 0.6) is 0 Å². The molecular formula is C25H28N4O5. The first kappa shape index (κ1) is 23.4. The molecule has 2 aliphatic rings. The number of carbonyl (C=O) groups excluding carboxylic acids is 3. The highest BCUT2D eigenvalue weighted by molar-refractivity contribution is 6.16. The number of rotatable bonds is 4. The minimum Gasteiger partial charge on any atom is -0.351 e. The van der Waals surface area contributed by atoms with E-state index < -0.39 is 22.3 Å². The standard InChI is InChI=1S/C25H28N4O5/c1-16-8-13-21-20(14-16)27-22(30)15-25(2,24(32)26-18-6-4-3-5-7-18)28(21)23(31)17-9-11-19(12-10-17)29(33)34/h8-14,18H,3-7,15H2,1-2H3,(H,26,32)(H,27,30). The summed E-state index contributed by atoms with van der Waals surface area (Å²) in [5, 5.41) is 17.0. The van der Waals surface area contributed by atoms with Gasteiger partial charge in [0, 0.05) is 23.7 Å². The van der Waals surface area contributed by atoms with Crippen LogP contribution in [-0.2, 0) is 9.59 Å². The van der Waals surface area contributed by atoms with Gasteiger partial charge in [0.05, 0.1) is 22.7 Å². The molecule has 9 heteroatoms. The van der Waals surface area contributed by atoms with E-state index in [2.05, 4.69) is 10.6 Å². The number of hydrogen-bond donors (Lipinski definition) is 2. The van der Waals surface area contributed by atoms with Crippen molar-refractivity contribution in [1.29, 1.82) is 0 Å². The van der Waals surface area contributed by atoms with Crippen molar-refractivity contribution in [3.8, 4) is 0 Å². The quantitative estimate of drug-likeness (QED) is 0.521. The monoisotopic (exact) mass is 464 g/mol. The molecule has 34 heavy (non-hydrogen) atoms. The van der Waals surface area contributed by atoms with E-state index in [4.69, 9.17) is 0 Å². The lowest BCUT2D eigenvalue weighted by atomic mass is 9.90. The molecule has 3 amide bonds. The molecule has 0 spiro atoms. The van der Waals surface area contributed by atoms with Gasteiger partial charge in [-0.15, -0.1) is 0 Å². The van der Waals surface area contributed by atoms with Crippen LogP contribution in [0.25, 0.3) is 0 Å². The van der Waals surface area contributed by atoms with Gasteiger partial charge in [-0.1, -0.05) is 25.3 Å². The summed E-state index contributed by atoms with van der Waals surface area (Å²) in [6, 6.07) is 10.5. The van der Waals surface area contributed by atoms with Crippen molar-refractivity contribution >= 4 is 34.8 Å². The molecule has 1 saturated carbocycles. The summed E-state index contributed by atoms with van der Waals surface area (Å²) in [7, 11) is 0. The number of nitro benzene ring substituents is 1. The van der Waals surface area contributed by atoms with Crippen LogP contribution in [0.15, 0.2) is 42.5 Å². The highest BCUT2D eigenvalue weighted by atomic mass is 16.6. The van der Waals surface area contributed by atoms with E-state index in [1.54, 1.807) is 19.1 Å². The number of aryl methyl sites for hydroxylation is 1. The molecule has 1 aliphatic carbocycles. The third kappa shape index (κ3) is 4.50. The van der Waals surface area contributed by atoms with Gasteiger partial charge in [-0.25, -0.2) is 0 Å². The van der Waals surface area contributed by atoms with Crippen LogP contribution in [-0.4, -0.2) is 34.2 Å². The van der Waals surface area contributed by atoms with E-state index in [1.165, 1.54) is 29.2 Å². The fourth-order valence-electron chi connectivity index (χ4n) is 4.75. The second kappa shape index (κ2) is 9.24. The Kier molecular flexibility index (Phi) is 6.37. The number of nitrogens with zero attached hydrogens (tertiary/aromatic N) is 2. The van der Waals surface area contributed by atoms with E-state index in [-0.39, 0.29) is 29.6 Å². The predicted molar refractivity (Wildman–Crippen MR) is 128 cm³/mol. The highest BCUT2D eigenvalue weighted by Crippen LogP contribution is 2.39. The van der Waals surface area contributed by atoms with E-state index in [0.717, 1.165) is 37.7 Å². The second-order valence-electron chi connectivity index (χ2n) is 9.27. The molecule has 9 nitrogen and oxygen atoms in total.